The highest BCUT2D eigenvalue weighted by Gasteiger charge is 2.14. The minimum absolute atomic E-state index is 0.0296. The molecule has 6 nitrogen and oxygen atoms in total. The van der Waals surface area contributed by atoms with Crippen LogP contribution in [0, 0.1) is 0 Å². The number of aliphatic carboxylic acids is 1. The number of nitrogens with one attached hydrogen (secondary N) is 1. The van der Waals surface area contributed by atoms with Crippen molar-refractivity contribution in [2.45, 2.75) is 12.5 Å². The quantitative estimate of drug-likeness (QED) is 0.466. The fraction of sp³-hybridized carbons (Fsp3) is 0.364. The van der Waals surface area contributed by atoms with Gasteiger partial charge in [0.25, 0.3) is 0 Å². The maximum atomic E-state index is 10.6. The Morgan fingerprint density at radius 2 is 2.06 bits per heavy atom. The maximum Gasteiger partial charge on any atom is 0.323 e. The lowest BCUT2D eigenvalue weighted by Gasteiger charge is -2.11. The lowest BCUT2D eigenvalue weighted by Crippen LogP contribution is -2.40. The van der Waals surface area contributed by atoms with Gasteiger partial charge in [-0.3, -0.25) is 4.79 Å². The van der Waals surface area contributed by atoms with E-state index < -0.39 is 18.6 Å². The van der Waals surface area contributed by atoms with Gasteiger partial charge in [0.2, 0.25) is 0 Å². The first-order chi connectivity index (χ1) is 8.04. The van der Waals surface area contributed by atoms with Crippen LogP contribution in [-0.2, 0) is 11.2 Å². The molecule has 1 aromatic rings. The lowest BCUT2D eigenvalue weighted by atomic mass is 10.1. The predicted molar refractivity (Wildman–Crippen MR) is 60.0 cm³/mol. The van der Waals surface area contributed by atoms with Crippen LogP contribution in [-0.4, -0.2) is 45.6 Å². The molecule has 0 amide bonds. The van der Waals surface area contributed by atoms with Crippen molar-refractivity contribution in [3.05, 3.63) is 23.8 Å². The molecule has 1 atom stereocenters. The zero-order chi connectivity index (χ0) is 12.8. The summed E-state index contributed by atoms with van der Waals surface area (Å²) in [5, 5.41) is 38.6. The standard InChI is InChI=1S/C11H15NO5/c13-6-9(11(16)17)12-4-3-7-1-2-8(14)5-10(7)15/h1-2,5,9,12-15H,3-4,6H2,(H,16,17)/t9-/m0/s1. The predicted octanol–water partition coefficient (Wildman–Crippen LogP) is -0.325. The number of aliphatic hydroxyl groups excluding tert-OH is 1. The molecule has 0 aliphatic carbocycles. The average molecular weight is 241 g/mol. The molecule has 17 heavy (non-hydrogen) atoms. The summed E-state index contributed by atoms with van der Waals surface area (Å²) in [7, 11) is 0. The third-order valence-electron chi connectivity index (χ3n) is 2.33. The number of benzene rings is 1. The van der Waals surface area contributed by atoms with Gasteiger partial charge in [-0.2, -0.15) is 0 Å². The van der Waals surface area contributed by atoms with E-state index in [2.05, 4.69) is 5.32 Å². The van der Waals surface area contributed by atoms with Crippen LogP contribution >= 0.6 is 0 Å². The fourth-order valence-corrected chi connectivity index (χ4v) is 1.37. The molecule has 0 aliphatic heterocycles. The third kappa shape index (κ3) is 3.93. The zero-order valence-corrected chi connectivity index (χ0v) is 9.13. The SMILES string of the molecule is O=C(O)[C@H](CO)NCCc1ccc(O)cc1O. The number of phenolic OH excluding ortho intramolecular Hbond substituents is 2. The van der Waals surface area contributed by atoms with E-state index in [-0.39, 0.29) is 11.5 Å². The van der Waals surface area contributed by atoms with Crippen molar-refractivity contribution < 1.29 is 25.2 Å². The molecule has 0 unspecified atom stereocenters. The van der Waals surface area contributed by atoms with Crippen LogP contribution in [0.1, 0.15) is 5.56 Å². The molecule has 0 aliphatic rings. The normalized spacial score (nSPS) is 12.3. The molecule has 5 N–H and O–H groups in total. The number of carbonyl (C=O) groups is 1. The number of aliphatic hydroxyl groups is 1. The number of hydrogen-bond acceptors (Lipinski definition) is 5. The second-order valence-corrected chi connectivity index (χ2v) is 3.59. The third-order valence-corrected chi connectivity index (χ3v) is 2.33. The van der Waals surface area contributed by atoms with E-state index in [0.29, 0.717) is 18.5 Å². The second-order valence-electron chi connectivity index (χ2n) is 3.59. The van der Waals surface area contributed by atoms with Crippen molar-refractivity contribution in [2.24, 2.45) is 0 Å². The minimum atomic E-state index is -1.12. The molecule has 0 bridgehead atoms. The van der Waals surface area contributed by atoms with Crippen LogP contribution in [0.4, 0.5) is 0 Å². The van der Waals surface area contributed by atoms with Crippen molar-refractivity contribution >= 4 is 5.97 Å². The van der Waals surface area contributed by atoms with Gasteiger partial charge in [-0.05, 0) is 18.1 Å². The van der Waals surface area contributed by atoms with E-state index in [9.17, 15) is 9.90 Å². The Morgan fingerprint density at radius 3 is 2.59 bits per heavy atom. The average Bonchev–Trinajstić information content (AvgIpc) is 2.26. The monoisotopic (exact) mass is 241 g/mol. The van der Waals surface area contributed by atoms with Crippen LogP contribution in [0.25, 0.3) is 0 Å². The van der Waals surface area contributed by atoms with E-state index >= 15 is 0 Å². The maximum absolute atomic E-state index is 10.6. The van der Waals surface area contributed by atoms with E-state index in [1.54, 1.807) is 6.07 Å². The fourth-order valence-electron chi connectivity index (χ4n) is 1.37. The number of carboxylic acids is 1. The van der Waals surface area contributed by atoms with Gasteiger partial charge in [0.05, 0.1) is 6.61 Å². The molecule has 0 spiro atoms. The van der Waals surface area contributed by atoms with Crippen molar-refractivity contribution in [1.29, 1.82) is 0 Å². The van der Waals surface area contributed by atoms with Gasteiger partial charge in [-0.15, -0.1) is 0 Å². The Morgan fingerprint density at radius 1 is 1.35 bits per heavy atom. The first-order valence-electron chi connectivity index (χ1n) is 5.12. The van der Waals surface area contributed by atoms with Crippen molar-refractivity contribution in [3.63, 3.8) is 0 Å². The lowest BCUT2D eigenvalue weighted by molar-refractivity contribution is -0.140. The van der Waals surface area contributed by atoms with E-state index in [0.717, 1.165) is 0 Å². The van der Waals surface area contributed by atoms with Crippen LogP contribution < -0.4 is 5.32 Å². The molecule has 1 aromatic carbocycles. The highest BCUT2D eigenvalue weighted by Crippen LogP contribution is 2.22. The first-order valence-corrected chi connectivity index (χ1v) is 5.12. The minimum Gasteiger partial charge on any atom is -0.508 e. The Bertz CT molecular complexity index is 393. The Kier molecular flexibility index (Phi) is 4.74. The van der Waals surface area contributed by atoms with Gasteiger partial charge in [0.1, 0.15) is 17.5 Å². The van der Waals surface area contributed by atoms with Gasteiger partial charge in [-0.25, -0.2) is 0 Å². The summed E-state index contributed by atoms with van der Waals surface area (Å²) in [6, 6.07) is 3.21. The molecule has 94 valence electrons. The number of rotatable bonds is 6. The molecular formula is C11H15NO5. The highest BCUT2D eigenvalue weighted by molar-refractivity contribution is 5.73. The summed E-state index contributed by atoms with van der Waals surface area (Å²) in [6.45, 7) is -0.188. The molecule has 6 heteroatoms. The number of carboxylic acid groups (broad SMARTS) is 1. The smallest absolute Gasteiger partial charge is 0.323 e. The first kappa shape index (κ1) is 13.3. The molecule has 0 fully saturated rings. The summed E-state index contributed by atoms with van der Waals surface area (Å²) < 4.78 is 0. The van der Waals surface area contributed by atoms with Crippen molar-refractivity contribution in [2.75, 3.05) is 13.2 Å². The van der Waals surface area contributed by atoms with Gasteiger partial charge in [0.15, 0.2) is 0 Å². The van der Waals surface area contributed by atoms with Gasteiger partial charge < -0.3 is 25.7 Å². The summed E-state index contributed by atoms with van der Waals surface area (Å²) >= 11 is 0. The largest absolute Gasteiger partial charge is 0.508 e. The van der Waals surface area contributed by atoms with Crippen molar-refractivity contribution in [1.82, 2.24) is 5.32 Å². The molecule has 0 saturated heterocycles. The molecule has 1 rings (SSSR count). The molecule has 0 saturated carbocycles. The zero-order valence-electron chi connectivity index (χ0n) is 9.13. The summed E-state index contributed by atoms with van der Waals surface area (Å²) in [5.74, 6) is -1.19. The van der Waals surface area contributed by atoms with E-state index in [1.807, 2.05) is 0 Å². The van der Waals surface area contributed by atoms with Crippen LogP contribution in [0.3, 0.4) is 0 Å². The van der Waals surface area contributed by atoms with Crippen LogP contribution in [0.5, 0.6) is 11.5 Å². The molecule has 0 aromatic heterocycles. The number of hydrogen-bond donors (Lipinski definition) is 5. The Balaban J connectivity index is 2.48. The van der Waals surface area contributed by atoms with Gasteiger partial charge in [-0.1, -0.05) is 6.07 Å². The number of phenols is 2. The topological polar surface area (TPSA) is 110 Å². The summed E-state index contributed by atoms with van der Waals surface area (Å²) in [6.07, 6.45) is 0.399. The molecule has 0 heterocycles. The summed E-state index contributed by atoms with van der Waals surface area (Å²) in [5.41, 5.74) is 0.595. The van der Waals surface area contributed by atoms with Gasteiger partial charge >= 0.3 is 5.97 Å². The van der Waals surface area contributed by atoms with Crippen LogP contribution in [0.2, 0.25) is 0 Å². The molecule has 0 radical (unpaired) electrons. The van der Waals surface area contributed by atoms with Gasteiger partial charge in [0, 0.05) is 12.6 Å². The van der Waals surface area contributed by atoms with E-state index in [4.69, 9.17) is 15.3 Å². The van der Waals surface area contributed by atoms with Crippen LogP contribution in [0.15, 0.2) is 18.2 Å². The Hall–Kier alpha value is -1.79. The Labute approximate surface area is 98.1 Å². The highest BCUT2D eigenvalue weighted by atomic mass is 16.4. The second kappa shape index (κ2) is 6.07. The summed E-state index contributed by atoms with van der Waals surface area (Å²) in [4.78, 5) is 10.6. The van der Waals surface area contributed by atoms with E-state index in [1.165, 1.54) is 12.1 Å². The van der Waals surface area contributed by atoms with Crippen molar-refractivity contribution in [3.8, 4) is 11.5 Å². The molecular weight excluding hydrogens is 226 g/mol. The number of aromatic hydroxyl groups is 2.